The number of anilines is 1. The minimum Gasteiger partial charge on any atom is -0.315 e. The summed E-state index contributed by atoms with van der Waals surface area (Å²) in [6.07, 6.45) is 8.85. The first-order valence-corrected chi connectivity index (χ1v) is 12.0. The zero-order chi connectivity index (χ0) is 21.7. The van der Waals surface area contributed by atoms with Gasteiger partial charge in [-0.05, 0) is 49.8 Å². The van der Waals surface area contributed by atoms with Gasteiger partial charge in [0.2, 0.25) is 5.91 Å². The van der Waals surface area contributed by atoms with Gasteiger partial charge in [-0.1, -0.05) is 51.2 Å². The molecule has 1 heterocycles. The quantitative estimate of drug-likeness (QED) is 0.367. The molecule has 8 heteroatoms. The zero-order valence-electron chi connectivity index (χ0n) is 17.8. The number of benzene rings is 1. The van der Waals surface area contributed by atoms with Gasteiger partial charge in [-0.15, -0.1) is 0 Å². The van der Waals surface area contributed by atoms with E-state index in [1.165, 1.54) is 37.7 Å². The smallest absolute Gasteiger partial charge is 0.315 e. The standard InChI is InChI=1S/C21H35N2O5P/c1-4-5-6-7-8-9-10-18-13-16(2)19(17(3)14-18)23-12-11-21(22,20(23)24)15-28-29(25,26)27/h13-14H,4-12,15,22H2,1-3H3,(H2,25,26,27). The molecule has 29 heavy (non-hydrogen) atoms. The van der Waals surface area contributed by atoms with Crippen LogP contribution in [0.2, 0.25) is 0 Å². The van der Waals surface area contributed by atoms with E-state index >= 15 is 0 Å². The van der Waals surface area contributed by atoms with E-state index in [1.54, 1.807) is 4.90 Å². The number of unbranched alkanes of at least 4 members (excludes halogenated alkanes) is 5. The van der Waals surface area contributed by atoms with E-state index in [2.05, 4.69) is 23.6 Å². The molecule has 1 unspecified atom stereocenters. The number of aryl methyl sites for hydroxylation is 3. The van der Waals surface area contributed by atoms with Crippen molar-refractivity contribution in [1.29, 1.82) is 0 Å². The van der Waals surface area contributed by atoms with Gasteiger partial charge < -0.3 is 20.4 Å². The fourth-order valence-corrected chi connectivity index (χ4v) is 4.46. The number of nitrogens with two attached hydrogens (primary N) is 1. The predicted octanol–water partition coefficient (Wildman–Crippen LogP) is 3.75. The number of hydrogen-bond acceptors (Lipinski definition) is 4. The van der Waals surface area contributed by atoms with Crippen molar-refractivity contribution in [2.75, 3.05) is 18.1 Å². The first-order valence-electron chi connectivity index (χ1n) is 10.5. The van der Waals surface area contributed by atoms with Crippen molar-refractivity contribution in [2.24, 2.45) is 5.73 Å². The molecular formula is C21H35N2O5P. The predicted molar refractivity (Wildman–Crippen MR) is 115 cm³/mol. The Morgan fingerprint density at radius 3 is 2.31 bits per heavy atom. The summed E-state index contributed by atoms with van der Waals surface area (Å²) in [6, 6.07) is 4.26. The number of carbonyl (C=O) groups excluding carboxylic acids is 1. The molecule has 0 aromatic heterocycles. The second-order valence-electron chi connectivity index (χ2n) is 8.22. The first-order chi connectivity index (χ1) is 13.6. The molecule has 1 atom stereocenters. The lowest BCUT2D eigenvalue weighted by atomic mass is 9.98. The molecule has 0 spiro atoms. The van der Waals surface area contributed by atoms with Gasteiger partial charge in [0.1, 0.15) is 5.54 Å². The summed E-state index contributed by atoms with van der Waals surface area (Å²) in [7, 11) is -4.68. The highest BCUT2D eigenvalue weighted by atomic mass is 31.2. The van der Waals surface area contributed by atoms with Crippen molar-refractivity contribution in [1.82, 2.24) is 0 Å². The van der Waals surface area contributed by atoms with Crippen molar-refractivity contribution in [2.45, 2.75) is 77.7 Å². The lowest BCUT2D eigenvalue weighted by Crippen LogP contribution is -2.51. The van der Waals surface area contributed by atoms with Gasteiger partial charge in [-0.3, -0.25) is 9.32 Å². The number of phosphoric ester groups is 1. The molecule has 1 aliphatic heterocycles. The number of phosphoric acid groups is 1. The highest BCUT2D eigenvalue weighted by Gasteiger charge is 2.46. The number of carbonyl (C=O) groups is 1. The lowest BCUT2D eigenvalue weighted by Gasteiger charge is -2.26. The van der Waals surface area contributed by atoms with Crippen LogP contribution in [0.3, 0.4) is 0 Å². The van der Waals surface area contributed by atoms with E-state index in [0.29, 0.717) is 6.54 Å². The molecule has 0 radical (unpaired) electrons. The molecule has 0 bridgehead atoms. The Labute approximate surface area is 173 Å². The maximum absolute atomic E-state index is 12.9. The molecule has 164 valence electrons. The normalized spacial score (nSPS) is 19.9. The Bertz CT molecular complexity index is 740. The van der Waals surface area contributed by atoms with E-state index in [0.717, 1.165) is 29.7 Å². The van der Waals surface area contributed by atoms with E-state index in [-0.39, 0.29) is 12.3 Å². The van der Waals surface area contributed by atoms with Crippen molar-refractivity contribution in [3.63, 3.8) is 0 Å². The molecule has 7 nitrogen and oxygen atoms in total. The van der Waals surface area contributed by atoms with Crippen LogP contribution in [-0.4, -0.2) is 34.4 Å². The number of hydrogen-bond donors (Lipinski definition) is 3. The Morgan fingerprint density at radius 2 is 1.72 bits per heavy atom. The average Bonchev–Trinajstić information content (AvgIpc) is 2.91. The minimum absolute atomic E-state index is 0.282. The summed E-state index contributed by atoms with van der Waals surface area (Å²) < 4.78 is 15.5. The third kappa shape index (κ3) is 6.63. The van der Waals surface area contributed by atoms with Crippen molar-refractivity contribution in [3.8, 4) is 0 Å². The van der Waals surface area contributed by atoms with Gasteiger partial charge >= 0.3 is 7.82 Å². The summed E-state index contributed by atoms with van der Waals surface area (Å²) >= 11 is 0. The minimum atomic E-state index is -4.68. The maximum Gasteiger partial charge on any atom is 0.469 e. The molecule has 1 amide bonds. The van der Waals surface area contributed by atoms with Gasteiger partial charge in [-0.2, -0.15) is 0 Å². The van der Waals surface area contributed by atoms with Crippen LogP contribution in [0.4, 0.5) is 5.69 Å². The van der Waals surface area contributed by atoms with Crippen LogP contribution in [0, 0.1) is 13.8 Å². The Morgan fingerprint density at radius 1 is 1.14 bits per heavy atom. The van der Waals surface area contributed by atoms with E-state index < -0.39 is 20.0 Å². The van der Waals surface area contributed by atoms with Gasteiger partial charge in [-0.25, -0.2) is 4.57 Å². The monoisotopic (exact) mass is 426 g/mol. The molecule has 4 N–H and O–H groups in total. The van der Waals surface area contributed by atoms with Crippen LogP contribution >= 0.6 is 7.82 Å². The summed E-state index contributed by atoms with van der Waals surface area (Å²) in [5.41, 5.74) is 8.84. The second-order valence-corrected chi connectivity index (χ2v) is 9.46. The van der Waals surface area contributed by atoms with Crippen molar-refractivity contribution in [3.05, 3.63) is 28.8 Å². The second kappa shape index (κ2) is 10.2. The highest BCUT2D eigenvalue weighted by Crippen LogP contribution is 2.39. The van der Waals surface area contributed by atoms with Crippen LogP contribution in [0.1, 0.15) is 68.6 Å². The first kappa shape index (κ1) is 24.0. The number of amides is 1. The molecule has 1 aromatic carbocycles. The summed E-state index contributed by atoms with van der Waals surface area (Å²) in [6.45, 7) is 6.10. The zero-order valence-corrected chi connectivity index (χ0v) is 18.7. The van der Waals surface area contributed by atoms with Crippen LogP contribution in [0.15, 0.2) is 12.1 Å². The highest BCUT2D eigenvalue weighted by molar-refractivity contribution is 7.46. The molecule has 2 rings (SSSR count). The van der Waals surface area contributed by atoms with E-state index in [9.17, 15) is 9.36 Å². The Hall–Kier alpha value is -1.24. The van der Waals surface area contributed by atoms with Crippen LogP contribution in [0.25, 0.3) is 0 Å². The summed E-state index contributed by atoms with van der Waals surface area (Å²) in [4.78, 5) is 32.4. The molecular weight excluding hydrogens is 391 g/mol. The topological polar surface area (TPSA) is 113 Å². The molecule has 0 aliphatic carbocycles. The van der Waals surface area contributed by atoms with Crippen LogP contribution in [-0.2, 0) is 20.3 Å². The SMILES string of the molecule is CCCCCCCCc1cc(C)c(N2CCC(N)(COP(=O)(O)O)C2=O)c(C)c1. The lowest BCUT2D eigenvalue weighted by molar-refractivity contribution is -0.122. The van der Waals surface area contributed by atoms with Crippen LogP contribution in [0.5, 0.6) is 0 Å². The van der Waals surface area contributed by atoms with Gasteiger partial charge in [0, 0.05) is 12.2 Å². The Balaban J connectivity index is 2.03. The Kier molecular flexibility index (Phi) is 8.44. The largest absolute Gasteiger partial charge is 0.469 e. The van der Waals surface area contributed by atoms with E-state index in [4.69, 9.17) is 15.5 Å². The van der Waals surface area contributed by atoms with Gasteiger partial charge in [0.15, 0.2) is 0 Å². The molecule has 1 aromatic rings. The molecule has 1 fully saturated rings. The number of nitrogens with zero attached hydrogens (tertiary/aromatic N) is 1. The van der Waals surface area contributed by atoms with Gasteiger partial charge in [0.05, 0.1) is 6.61 Å². The maximum atomic E-state index is 12.9. The third-order valence-corrected chi connectivity index (χ3v) is 6.05. The molecule has 0 saturated carbocycles. The van der Waals surface area contributed by atoms with Crippen molar-refractivity contribution >= 4 is 19.4 Å². The fraction of sp³-hybridized carbons (Fsp3) is 0.667. The fourth-order valence-electron chi connectivity index (χ4n) is 4.06. The van der Waals surface area contributed by atoms with Crippen LogP contribution < -0.4 is 10.6 Å². The van der Waals surface area contributed by atoms with Gasteiger partial charge in [0.25, 0.3) is 0 Å². The number of rotatable bonds is 11. The average molecular weight is 426 g/mol. The summed E-state index contributed by atoms with van der Waals surface area (Å²) in [5, 5.41) is 0. The third-order valence-electron chi connectivity index (χ3n) is 5.58. The summed E-state index contributed by atoms with van der Waals surface area (Å²) in [5.74, 6) is -0.360. The molecule has 1 aliphatic rings. The van der Waals surface area contributed by atoms with Crippen molar-refractivity contribution < 1.29 is 23.7 Å². The molecule has 1 saturated heterocycles. The van der Waals surface area contributed by atoms with E-state index in [1.807, 2.05) is 13.8 Å².